The van der Waals surface area contributed by atoms with Gasteiger partial charge in [0.2, 0.25) is 5.91 Å². The summed E-state index contributed by atoms with van der Waals surface area (Å²) in [7, 11) is 1.92. The maximum atomic E-state index is 11.5. The summed E-state index contributed by atoms with van der Waals surface area (Å²) in [5.41, 5.74) is 0. The van der Waals surface area contributed by atoms with Crippen LogP contribution in [-0.2, 0) is 4.79 Å². The van der Waals surface area contributed by atoms with Crippen molar-refractivity contribution in [3.05, 3.63) is 0 Å². The second-order valence-electron chi connectivity index (χ2n) is 4.40. The van der Waals surface area contributed by atoms with Gasteiger partial charge in [-0.1, -0.05) is 0 Å². The SMILES string of the molecule is CCNC(=O)NC(=O)CN(C)C(C)C1CC1. The van der Waals surface area contributed by atoms with Gasteiger partial charge in [0.05, 0.1) is 6.54 Å². The Morgan fingerprint density at radius 3 is 2.56 bits per heavy atom. The first-order valence-corrected chi connectivity index (χ1v) is 5.82. The average molecular weight is 227 g/mol. The molecule has 0 heterocycles. The first-order chi connectivity index (χ1) is 7.54. The van der Waals surface area contributed by atoms with E-state index in [1.54, 1.807) is 0 Å². The first kappa shape index (κ1) is 13.0. The molecular formula is C11H21N3O2. The molecule has 16 heavy (non-hydrogen) atoms. The normalized spacial score (nSPS) is 17.0. The molecule has 1 fully saturated rings. The molecule has 2 N–H and O–H groups in total. The van der Waals surface area contributed by atoms with Crippen molar-refractivity contribution in [1.82, 2.24) is 15.5 Å². The van der Waals surface area contributed by atoms with Crippen LogP contribution in [0.15, 0.2) is 0 Å². The average Bonchev–Trinajstić information content (AvgIpc) is 2.99. The minimum absolute atomic E-state index is 0.249. The van der Waals surface area contributed by atoms with Crippen LogP contribution in [0.4, 0.5) is 4.79 Å². The van der Waals surface area contributed by atoms with E-state index in [9.17, 15) is 9.59 Å². The highest BCUT2D eigenvalue weighted by atomic mass is 16.2. The zero-order valence-corrected chi connectivity index (χ0v) is 10.2. The van der Waals surface area contributed by atoms with E-state index in [4.69, 9.17) is 0 Å². The van der Waals surface area contributed by atoms with E-state index in [0.717, 1.165) is 5.92 Å². The van der Waals surface area contributed by atoms with Gasteiger partial charge in [0.1, 0.15) is 0 Å². The van der Waals surface area contributed by atoms with E-state index in [1.807, 2.05) is 18.9 Å². The van der Waals surface area contributed by atoms with E-state index in [2.05, 4.69) is 17.6 Å². The van der Waals surface area contributed by atoms with Gasteiger partial charge in [-0.25, -0.2) is 4.79 Å². The molecule has 5 heteroatoms. The Morgan fingerprint density at radius 2 is 2.06 bits per heavy atom. The Kier molecular flexibility index (Phi) is 4.73. The number of nitrogens with one attached hydrogen (secondary N) is 2. The van der Waals surface area contributed by atoms with E-state index in [1.165, 1.54) is 12.8 Å². The predicted octanol–water partition coefficient (Wildman–Crippen LogP) is 0.562. The monoisotopic (exact) mass is 227 g/mol. The largest absolute Gasteiger partial charge is 0.338 e. The third-order valence-electron chi connectivity index (χ3n) is 2.98. The van der Waals surface area contributed by atoms with Gasteiger partial charge in [-0.05, 0) is 39.7 Å². The number of imide groups is 1. The molecule has 1 saturated carbocycles. The molecule has 0 aromatic heterocycles. The number of likely N-dealkylation sites (N-methyl/N-ethyl adjacent to an activating group) is 1. The van der Waals surface area contributed by atoms with E-state index < -0.39 is 6.03 Å². The van der Waals surface area contributed by atoms with Gasteiger partial charge in [-0.3, -0.25) is 15.0 Å². The van der Waals surface area contributed by atoms with Crippen LogP contribution in [0.5, 0.6) is 0 Å². The highest BCUT2D eigenvalue weighted by Gasteiger charge is 2.31. The smallest absolute Gasteiger partial charge is 0.321 e. The third-order valence-corrected chi connectivity index (χ3v) is 2.98. The Hall–Kier alpha value is -1.10. The number of nitrogens with zero attached hydrogens (tertiary/aromatic N) is 1. The molecule has 0 aromatic rings. The summed E-state index contributed by atoms with van der Waals surface area (Å²) in [6.07, 6.45) is 2.51. The summed E-state index contributed by atoms with van der Waals surface area (Å²) in [5, 5.41) is 4.82. The predicted molar refractivity (Wildman–Crippen MR) is 62.0 cm³/mol. The summed E-state index contributed by atoms with van der Waals surface area (Å²) >= 11 is 0. The topological polar surface area (TPSA) is 61.4 Å². The van der Waals surface area contributed by atoms with Crippen molar-refractivity contribution >= 4 is 11.9 Å². The van der Waals surface area contributed by atoms with Crippen LogP contribution in [-0.4, -0.2) is 43.0 Å². The van der Waals surface area contributed by atoms with Crippen LogP contribution in [0, 0.1) is 5.92 Å². The second-order valence-corrected chi connectivity index (χ2v) is 4.40. The van der Waals surface area contributed by atoms with Crippen LogP contribution in [0.25, 0.3) is 0 Å². The molecule has 1 unspecified atom stereocenters. The first-order valence-electron chi connectivity index (χ1n) is 5.82. The summed E-state index contributed by atoms with van der Waals surface area (Å²) in [6, 6.07) is -0.0000358. The zero-order chi connectivity index (χ0) is 12.1. The standard InChI is InChI=1S/C11H21N3O2/c1-4-12-11(16)13-10(15)7-14(3)8(2)9-5-6-9/h8-9H,4-7H2,1-3H3,(H2,12,13,15,16). The lowest BCUT2D eigenvalue weighted by molar-refractivity contribution is -0.121. The van der Waals surface area contributed by atoms with Crippen molar-refractivity contribution < 1.29 is 9.59 Å². The maximum Gasteiger partial charge on any atom is 0.321 e. The Balaban J connectivity index is 2.24. The summed E-state index contributed by atoms with van der Waals surface area (Å²) in [6.45, 7) is 4.73. The molecule has 0 radical (unpaired) electrons. The van der Waals surface area contributed by atoms with Gasteiger partial charge in [0.15, 0.2) is 0 Å². The van der Waals surface area contributed by atoms with Gasteiger partial charge in [-0.15, -0.1) is 0 Å². The number of carbonyl (C=O) groups is 2. The Morgan fingerprint density at radius 1 is 1.44 bits per heavy atom. The molecule has 0 aliphatic heterocycles. The van der Waals surface area contributed by atoms with Gasteiger partial charge >= 0.3 is 6.03 Å². The minimum Gasteiger partial charge on any atom is -0.338 e. The summed E-state index contributed by atoms with van der Waals surface area (Å²) < 4.78 is 0. The fourth-order valence-electron chi connectivity index (χ4n) is 1.68. The number of rotatable bonds is 5. The Bertz CT molecular complexity index is 264. The fraction of sp³-hybridized carbons (Fsp3) is 0.818. The van der Waals surface area contributed by atoms with Crippen LogP contribution in [0.1, 0.15) is 26.7 Å². The highest BCUT2D eigenvalue weighted by molar-refractivity contribution is 5.95. The van der Waals surface area contributed by atoms with Crippen molar-refractivity contribution in [2.24, 2.45) is 5.92 Å². The lowest BCUT2D eigenvalue weighted by atomic mass is 10.2. The lowest BCUT2D eigenvalue weighted by Gasteiger charge is -2.23. The van der Waals surface area contributed by atoms with Gasteiger partial charge in [0, 0.05) is 12.6 Å². The second kappa shape index (κ2) is 5.84. The van der Waals surface area contributed by atoms with Gasteiger partial charge < -0.3 is 5.32 Å². The molecule has 1 atom stereocenters. The molecular weight excluding hydrogens is 206 g/mol. The summed E-state index contributed by atoms with van der Waals surface area (Å²) in [5.74, 6) is 0.475. The number of amides is 3. The molecule has 0 spiro atoms. The molecule has 0 saturated heterocycles. The molecule has 3 amide bonds. The number of urea groups is 1. The van der Waals surface area contributed by atoms with Gasteiger partial charge in [0.25, 0.3) is 0 Å². The van der Waals surface area contributed by atoms with E-state index in [-0.39, 0.29) is 12.5 Å². The molecule has 0 bridgehead atoms. The van der Waals surface area contributed by atoms with E-state index >= 15 is 0 Å². The molecule has 1 aliphatic rings. The molecule has 92 valence electrons. The maximum absolute atomic E-state index is 11.5. The van der Waals surface area contributed by atoms with Crippen molar-refractivity contribution in [2.45, 2.75) is 32.7 Å². The molecule has 5 nitrogen and oxygen atoms in total. The fourth-order valence-corrected chi connectivity index (χ4v) is 1.68. The highest BCUT2D eigenvalue weighted by Crippen LogP contribution is 2.34. The van der Waals surface area contributed by atoms with Crippen molar-refractivity contribution in [3.63, 3.8) is 0 Å². The Labute approximate surface area is 96.6 Å². The molecule has 1 aliphatic carbocycles. The van der Waals surface area contributed by atoms with Crippen LogP contribution in [0.3, 0.4) is 0 Å². The van der Waals surface area contributed by atoms with Crippen molar-refractivity contribution in [3.8, 4) is 0 Å². The zero-order valence-electron chi connectivity index (χ0n) is 10.2. The summed E-state index contributed by atoms with van der Waals surface area (Å²) in [4.78, 5) is 24.6. The number of carbonyl (C=O) groups excluding carboxylic acids is 2. The van der Waals surface area contributed by atoms with Crippen molar-refractivity contribution in [2.75, 3.05) is 20.1 Å². The number of hydrogen-bond donors (Lipinski definition) is 2. The lowest BCUT2D eigenvalue weighted by Crippen LogP contribution is -2.45. The quantitative estimate of drug-likeness (QED) is 0.721. The van der Waals surface area contributed by atoms with Crippen LogP contribution >= 0.6 is 0 Å². The van der Waals surface area contributed by atoms with E-state index in [0.29, 0.717) is 12.6 Å². The molecule has 0 aromatic carbocycles. The molecule has 1 rings (SSSR count). The minimum atomic E-state index is -0.417. The number of hydrogen-bond acceptors (Lipinski definition) is 3. The van der Waals surface area contributed by atoms with Gasteiger partial charge in [-0.2, -0.15) is 0 Å². The van der Waals surface area contributed by atoms with Crippen LogP contribution < -0.4 is 10.6 Å². The van der Waals surface area contributed by atoms with Crippen LogP contribution in [0.2, 0.25) is 0 Å². The third kappa shape index (κ3) is 4.18. The van der Waals surface area contributed by atoms with Crippen molar-refractivity contribution in [1.29, 1.82) is 0 Å².